The highest BCUT2D eigenvalue weighted by atomic mass is 35.5. The number of nitrogens with one attached hydrogen (secondary N) is 1. The second-order valence-electron chi connectivity index (χ2n) is 5.91. The first-order valence-electron chi connectivity index (χ1n) is 7.92. The van der Waals surface area contributed by atoms with Crippen molar-refractivity contribution >= 4 is 17.5 Å². The average Bonchev–Trinajstić information content (AvgIpc) is 3.05. The molecular weight excluding hydrogens is 338 g/mol. The molecule has 1 amide bonds. The Labute approximate surface area is 151 Å². The molecule has 0 aliphatic carbocycles. The third kappa shape index (κ3) is 4.45. The summed E-state index contributed by atoms with van der Waals surface area (Å²) in [5.74, 6) is 0.708. The van der Waals surface area contributed by atoms with Crippen molar-refractivity contribution in [1.82, 2.24) is 15.5 Å². The number of carbonyl (C=O) groups is 1. The van der Waals surface area contributed by atoms with Gasteiger partial charge in [0.05, 0.1) is 13.0 Å². The Balaban J connectivity index is 1.59. The third-order valence-electron chi connectivity index (χ3n) is 3.84. The van der Waals surface area contributed by atoms with Gasteiger partial charge in [0.25, 0.3) is 0 Å². The van der Waals surface area contributed by atoms with Gasteiger partial charge < -0.3 is 9.84 Å². The zero-order valence-corrected chi connectivity index (χ0v) is 14.8. The van der Waals surface area contributed by atoms with Crippen molar-refractivity contribution < 1.29 is 9.32 Å². The molecule has 2 aromatic carbocycles. The molecule has 1 heterocycles. The quantitative estimate of drug-likeness (QED) is 0.754. The molecule has 3 aromatic rings. The van der Waals surface area contributed by atoms with Crippen LogP contribution in [0.4, 0.5) is 0 Å². The second kappa shape index (κ2) is 7.49. The number of nitrogens with zero attached hydrogens (tertiary/aromatic N) is 2. The summed E-state index contributed by atoms with van der Waals surface area (Å²) in [6.45, 7) is 4.23. The van der Waals surface area contributed by atoms with Crippen LogP contribution in [0.15, 0.2) is 47.0 Å². The fourth-order valence-electron chi connectivity index (χ4n) is 2.53. The fourth-order valence-corrected chi connectivity index (χ4v) is 2.72. The standard InChI is InChI=1S/C19H18ClN3O2/c1-12-6-7-14(13(2)8-12)10-17(24)21-11-18-22-19(23-25-18)15-4-3-5-16(20)9-15/h3-9H,10-11H2,1-2H3,(H,21,24). The number of benzene rings is 2. The van der Waals surface area contributed by atoms with Gasteiger partial charge in [0.1, 0.15) is 0 Å². The van der Waals surface area contributed by atoms with E-state index in [0.29, 0.717) is 23.2 Å². The van der Waals surface area contributed by atoms with Gasteiger partial charge in [-0.25, -0.2) is 0 Å². The third-order valence-corrected chi connectivity index (χ3v) is 4.07. The van der Waals surface area contributed by atoms with Crippen LogP contribution < -0.4 is 5.32 Å². The molecule has 1 aromatic heterocycles. The lowest BCUT2D eigenvalue weighted by Gasteiger charge is -2.06. The zero-order valence-electron chi connectivity index (χ0n) is 14.0. The van der Waals surface area contributed by atoms with E-state index in [1.54, 1.807) is 12.1 Å². The minimum Gasteiger partial charge on any atom is -0.347 e. The summed E-state index contributed by atoms with van der Waals surface area (Å²) < 4.78 is 5.18. The van der Waals surface area contributed by atoms with E-state index in [1.807, 2.05) is 38.1 Å². The Bertz CT molecular complexity index is 905. The van der Waals surface area contributed by atoms with Crippen molar-refractivity contribution in [2.45, 2.75) is 26.8 Å². The van der Waals surface area contributed by atoms with E-state index >= 15 is 0 Å². The Hall–Kier alpha value is -2.66. The summed E-state index contributed by atoms with van der Waals surface area (Å²) in [6.07, 6.45) is 0.321. The van der Waals surface area contributed by atoms with E-state index in [4.69, 9.17) is 16.1 Å². The zero-order chi connectivity index (χ0) is 17.8. The molecule has 0 unspecified atom stereocenters. The summed E-state index contributed by atoms with van der Waals surface area (Å²) in [7, 11) is 0. The molecular formula is C19H18ClN3O2. The largest absolute Gasteiger partial charge is 0.347 e. The van der Waals surface area contributed by atoms with Crippen LogP contribution in [0.5, 0.6) is 0 Å². The molecule has 5 nitrogen and oxygen atoms in total. The maximum absolute atomic E-state index is 12.1. The molecule has 128 valence electrons. The topological polar surface area (TPSA) is 68.0 Å². The van der Waals surface area contributed by atoms with E-state index < -0.39 is 0 Å². The number of hydrogen-bond acceptors (Lipinski definition) is 4. The van der Waals surface area contributed by atoms with Gasteiger partial charge in [-0.1, -0.05) is 52.7 Å². The number of rotatable bonds is 5. The van der Waals surface area contributed by atoms with Crippen LogP contribution in [-0.4, -0.2) is 16.0 Å². The highest BCUT2D eigenvalue weighted by Crippen LogP contribution is 2.19. The molecule has 0 atom stereocenters. The van der Waals surface area contributed by atoms with Gasteiger partial charge in [-0.2, -0.15) is 4.98 Å². The smallest absolute Gasteiger partial charge is 0.246 e. The van der Waals surface area contributed by atoms with E-state index in [1.165, 1.54) is 5.56 Å². The van der Waals surface area contributed by atoms with Gasteiger partial charge in [0.15, 0.2) is 0 Å². The minimum absolute atomic E-state index is 0.0885. The number of aromatic nitrogens is 2. The first-order chi connectivity index (χ1) is 12.0. The van der Waals surface area contributed by atoms with Gasteiger partial charge in [0.2, 0.25) is 17.6 Å². The number of halogens is 1. The molecule has 25 heavy (non-hydrogen) atoms. The molecule has 0 fully saturated rings. The maximum Gasteiger partial charge on any atom is 0.246 e. The van der Waals surface area contributed by atoms with Gasteiger partial charge in [0, 0.05) is 10.6 Å². The summed E-state index contributed by atoms with van der Waals surface area (Å²) in [4.78, 5) is 16.4. The first kappa shape index (κ1) is 17.2. The van der Waals surface area contributed by atoms with Crippen LogP contribution in [-0.2, 0) is 17.8 Å². The lowest BCUT2D eigenvalue weighted by Crippen LogP contribution is -2.25. The number of hydrogen-bond donors (Lipinski definition) is 1. The first-order valence-corrected chi connectivity index (χ1v) is 8.30. The van der Waals surface area contributed by atoms with Crippen LogP contribution in [0.25, 0.3) is 11.4 Å². The highest BCUT2D eigenvalue weighted by molar-refractivity contribution is 6.30. The molecule has 1 N–H and O–H groups in total. The summed E-state index contributed by atoms with van der Waals surface area (Å²) >= 11 is 5.96. The summed E-state index contributed by atoms with van der Waals surface area (Å²) in [5.41, 5.74) is 4.06. The molecule has 0 radical (unpaired) electrons. The van der Waals surface area contributed by atoms with Crippen LogP contribution in [0, 0.1) is 13.8 Å². The fraction of sp³-hybridized carbons (Fsp3) is 0.211. The van der Waals surface area contributed by atoms with E-state index in [9.17, 15) is 4.79 Å². The monoisotopic (exact) mass is 355 g/mol. The Morgan fingerprint density at radius 3 is 2.80 bits per heavy atom. The van der Waals surface area contributed by atoms with Crippen LogP contribution in [0.2, 0.25) is 5.02 Å². The predicted octanol–water partition coefficient (Wildman–Crippen LogP) is 3.87. The van der Waals surface area contributed by atoms with Gasteiger partial charge in [-0.05, 0) is 37.1 Å². The molecule has 0 saturated heterocycles. The van der Waals surface area contributed by atoms with Crippen molar-refractivity contribution in [2.24, 2.45) is 0 Å². The number of aryl methyl sites for hydroxylation is 2. The van der Waals surface area contributed by atoms with Crippen LogP contribution in [0.3, 0.4) is 0 Å². The molecule has 0 aliphatic heterocycles. The second-order valence-corrected chi connectivity index (χ2v) is 6.34. The van der Waals surface area contributed by atoms with E-state index in [-0.39, 0.29) is 12.5 Å². The lowest BCUT2D eigenvalue weighted by molar-refractivity contribution is -0.120. The highest BCUT2D eigenvalue weighted by Gasteiger charge is 2.11. The Morgan fingerprint density at radius 1 is 1.20 bits per heavy atom. The molecule has 0 saturated carbocycles. The van der Waals surface area contributed by atoms with Crippen molar-refractivity contribution in [3.63, 3.8) is 0 Å². The lowest BCUT2D eigenvalue weighted by atomic mass is 10.0. The normalized spacial score (nSPS) is 10.7. The average molecular weight is 356 g/mol. The van der Waals surface area contributed by atoms with E-state index in [2.05, 4.69) is 21.5 Å². The SMILES string of the molecule is Cc1ccc(CC(=O)NCc2nc(-c3cccc(Cl)c3)no2)c(C)c1. The number of amides is 1. The number of carbonyl (C=O) groups excluding carboxylic acids is 1. The van der Waals surface area contributed by atoms with E-state index in [0.717, 1.165) is 16.7 Å². The van der Waals surface area contributed by atoms with Gasteiger partial charge >= 0.3 is 0 Å². The van der Waals surface area contributed by atoms with Gasteiger partial charge in [-0.15, -0.1) is 0 Å². The van der Waals surface area contributed by atoms with Crippen molar-refractivity contribution in [3.8, 4) is 11.4 Å². The molecule has 0 spiro atoms. The Morgan fingerprint density at radius 2 is 2.04 bits per heavy atom. The summed E-state index contributed by atoms with van der Waals surface area (Å²) in [5, 5.41) is 7.32. The van der Waals surface area contributed by atoms with Gasteiger partial charge in [-0.3, -0.25) is 4.79 Å². The molecule has 0 bridgehead atoms. The maximum atomic E-state index is 12.1. The molecule has 0 aliphatic rings. The van der Waals surface area contributed by atoms with Crippen molar-refractivity contribution in [1.29, 1.82) is 0 Å². The predicted molar refractivity (Wildman–Crippen MR) is 96.2 cm³/mol. The molecule has 3 rings (SSSR count). The molecule has 6 heteroatoms. The van der Waals surface area contributed by atoms with Crippen LogP contribution >= 0.6 is 11.6 Å². The van der Waals surface area contributed by atoms with Crippen LogP contribution in [0.1, 0.15) is 22.6 Å². The minimum atomic E-state index is -0.0885. The summed E-state index contributed by atoms with van der Waals surface area (Å²) in [6, 6.07) is 13.3. The van der Waals surface area contributed by atoms with Crippen molar-refractivity contribution in [2.75, 3.05) is 0 Å². The Kier molecular flexibility index (Phi) is 5.14. The van der Waals surface area contributed by atoms with Crippen molar-refractivity contribution in [3.05, 3.63) is 70.1 Å².